The maximum atomic E-state index is 13.8. The van der Waals surface area contributed by atoms with Gasteiger partial charge < -0.3 is 53.2 Å². The van der Waals surface area contributed by atoms with Gasteiger partial charge in [-0.2, -0.15) is 0 Å². The molecule has 2 rings (SSSR count). The van der Waals surface area contributed by atoms with Crippen LogP contribution in [0.25, 0.3) is 0 Å². The van der Waals surface area contributed by atoms with E-state index in [0.717, 1.165) is 5.56 Å². The summed E-state index contributed by atoms with van der Waals surface area (Å²) < 4.78 is 0. The van der Waals surface area contributed by atoms with Crippen LogP contribution in [0, 0.1) is 17.8 Å². The van der Waals surface area contributed by atoms with Gasteiger partial charge in [0.15, 0.2) is 5.78 Å². The van der Waals surface area contributed by atoms with Crippen molar-refractivity contribution in [3.63, 3.8) is 0 Å². The number of rotatable bonds is 24. The second-order valence-electron chi connectivity index (χ2n) is 16.2. The van der Waals surface area contributed by atoms with Crippen molar-refractivity contribution in [1.29, 1.82) is 0 Å². The van der Waals surface area contributed by atoms with Crippen LogP contribution in [0.3, 0.4) is 0 Å². The Kier molecular flexibility index (Phi) is 18.9. The van der Waals surface area contributed by atoms with Crippen LogP contribution >= 0.6 is 0 Å². The molecule has 18 nitrogen and oxygen atoms in total. The summed E-state index contributed by atoms with van der Waals surface area (Å²) in [5, 5.41) is 32.8. The minimum Gasteiger partial charge on any atom is -0.480 e. The zero-order chi connectivity index (χ0) is 44.1. The summed E-state index contributed by atoms with van der Waals surface area (Å²) in [7, 11) is 0. The third kappa shape index (κ3) is 14.2. The van der Waals surface area contributed by atoms with Gasteiger partial charge in [0, 0.05) is 25.8 Å². The molecule has 0 aromatic heterocycles. The van der Waals surface area contributed by atoms with Crippen LogP contribution in [0.1, 0.15) is 86.6 Å². The predicted molar refractivity (Wildman–Crippen MR) is 214 cm³/mol. The average Bonchev–Trinajstić information content (AvgIpc) is 3.14. The minimum absolute atomic E-state index is 0.0398. The van der Waals surface area contributed by atoms with Gasteiger partial charge >= 0.3 is 5.97 Å². The summed E-state index contributed by atoms with van der Waals surface area (Å²) in [4.78, 5) is 106. The molecule has 0 bridgehead atoms. The normalized spacial score (nSPS) is 19.3. The lowest BCUT2D eigenvalue weighted by Gasteiger charge is -2.49. The number of ketones is 1. The zero-order valence-corrected chi connectivity index (χ0v) is 34.9. The fraction of sp³-hybridized carbons (Fsp3) is 0.650. The number of nitrogens with zero attached hydrogens (tertiary/aromatic N) is 1. The van der Waals surface area contributed by atoms with Gasteiger partial charge in [-0.05, 0) is 43.6 Å². The number of carbonyl (C=O) groups excluding carboxylic acids is 7. The molecule has 1 aliphatic heterocycles. The molecule has 1 aromatic carbocycles. The number of nitrogens with two attached hydrogens (primary N) is 2. The molecule has 9 atom stereocenters. The van der Waals surface area contributed by atoms with Crippen molar-refractivity contribution in [3.8, 4) is 0 Å². The number of aliphatic carboxylic acids is 1. The van der Waals surface area contributed by atoms with Gasteiger partial charge in [-0.3, -0.25) is 33.6 Å². The third-order valence-corrected chi connectivity index (χ3v) is 10.2. The molecule has 0 saturated carbocycles. The summed E-state index contributed by atoms with van der Waals surface area (Å²) in [6, 6.07) is 1.87. The lowest BCUT2D eigenvalue weighted by Crippen LogP contribution is -2.76. The van der Waals surface area contributed by atoms with E-state index in [1.807, 2.05) is 26.8 Å². The number of Topliss-reactive ketones (excluding diaryl/α,β-unsaturated/α-hetero) is 1. The Hall–Kier alpha value is -4.94. The summed E-state index contributed by atoms with van der Waals surface area (Å²) in [6.45, 7) is 13.1. The van der Waals surface area contributed by atoms with Crippen molar-refractivity contribution in [3.05, 3.63) is 35.9 Å². The SMILES string of the molecule is CC[C@@H](C)[C@@H](NC(=O)CCN1CC(Cc2ccccc2)(NC(=O)[C@@H](N)CC(=O)[C@H](C)N)C1=O)C(=O)N[C@@H](CC(C)C)C(=O)N[C@H](C(=O)N[C@H](C(=O)O)C(C)C)[C@@H](C)O. The molecule has 324 valence electrons. The van der Waals surface area contributed by atoms with Crippen molar-refractivity contribution in [2.24, 2.45) is 29.2 Å². The lowest BCUT2D eigenvalue weighted by atomic mass is 9.81. The average molecular weight is 817 g/mol. The van der Waals surface area contributed by atoms with Gasteiger partial charge in [0.2, 0.25) is 29.5 Å². The monoisotopic (exact) mass is 816 g/mol. The van der Waals surface area contributed by atoms with E-state index in [2.05, 4.69) is 26.6 Å². The zero-order valence-electron chi connectivity index (χ0n) is 34.9. The van der Waals surface area contributed by atoms with Crippen molar-refractivity contribution in [2.45, 2.75) is 135 Å². The van der Waals surface area contributed by atoms with Crippen LogP contribution in [0.2, 0.25) is 0 Å². The van der Waals surface area contributed by atoms with Gasteiger partial charge in [-0.25, -0.2) is 4.79 Å². The molecule has 1 unspecified atom stereocenters. The molecular formula is C40H64N8O10. The number of aliphatic hydroxyl groups excluding tert-OH is 1. The molecule has 18 heteroatoms. The molecule has 11 N–H and O–H groups in total. The maximum absolute atomic E-state index is 13.8. The maximum Gasteiger partial charge on any atom is 0.326 e. The van der Waals surface area contributed by atoms with Crippen LogP contribution in [0.5, 0.6) is 0 Å². The first-order chi connectivity index (χ1) is 27.0. The van der Waals surface area contributed by atoms with Crippen LogP contribution in [-0.4, -0.2) is 123 Å². The smallest absolute Gasteiger partial charge is 0.326 e. The lowest BCUT2D eigenvalue weighted by molar-refractivity contribution is -0.156. The highest BCUT2D eigenvalue weighted by Crippen LogP contribution is 2.28. The highest BCUT2D eigenvalue weighted by Gasteiger charge is 2.53. The van der Waals surface area contributed by atoms with E-state index in [-0.39, 0.29) is 44.7 Å². The van der Waals surface area contributed by atoms with Gasteiger partial charge in [-0.15, -0.1) is 0 Å². The molecule has 0 aliphatic carbocycles. The fourth-order valence-electron chi connectivity index (χ4n) is 6.46. The number of hydrogen-bond acceptors (Lipinski definition) is 11. The van der Waals surface area contributed by atoms with Crippen molar-refractivity contribution in [1.82, 2.24) is 31.5 Å². The van der Waals surface area contributed by atoms with Gasteiger partial charge in [0.25, 0.3) is 5.91 Å². The first-order valence-electron chi connectivity index (χ1n) is 19.8. The van der Waals surface area contributed by atoms with Crippen molar-refractivity contribution >= 4 is 47.2 Å². The number of nitrogens with one attached hydrogen (secondary N) is 5. The number of carboxylic acids is 1. The van der Waals surface area contributed by atoms with Crippen LogP contribution < -0.4 is 38.1 Å². The Morgan fingerprint density at radius 2 is 1.40 bits per heavy atom. The van der Waals surface area contributed by atoms with Gasteiger partial charge in [-0.1, -0.05) is 78.3 Å². The molecule has 0 spiro atoms. The highest BCUT2D eigenvalue weighted by molar-refractivity contribution is 6.00. The summed E-state index contributed by atoms with van der Waals surface area (Å²) >= 11 is 0. The molecule has 1 heterocycles. The summed E-state index contributed by atoms with van der Waals surface area (Å²) in [6.07, 6.45) is -1.18. The Morgan fingerprint density at radius 1 is 0.810 bits per heavy atom. The summed E-state index contributed by atoms with van der Waals surface area (Å²) in [5.74, 6) is -6.77. The number of likely N-dealkylation sites (tertiary alicyclic amines) is 1. The van der Waals surface area contributed by atoms with Crippen LogP contribution in [-0.2, 0) is 44.8 Å². The van der Waals surface area contributed by atoms with E-state index in [4.69, 9.17) is 11.5 Å². The molecule has 0 radical (unpaired) electrons. The number of amides is 6. The number of benzene rings is 1. The molecular weight excluding hydrogens is 752 g/mol. The second-order valence-corrected chi connectivity index (χ2v) is 16.2. The molecule has 58 heavy (non-hydrogen) atoms. The highest BCUT2D eigenvalue weighted by atomic mass is 16.4. The minimum atomic E-state index is -1.53. The van der Waals surface area contributed by atoms with Crippen molar-refractivity contribution in [2.75, 3.05) is 13.1 Å². The molecule has 1 saturated heterocycles. The van der Waals surface area contributed by atoms with E-state index in [1.54, 1.807) is 45.0 Å². The quantitative estimate of drug-likeness (QED) is 0.0574. The Morgan fingerprint density at radius 3 is 1.90 bits per heavy atom. The van der Waals surface area contributed by atoms with E-state index >= 15 is 0 Å². The Bertz CT molecular complexity index is 1620. The van der Waals surface area contributed by atoms with Gasteiger partial charge in [0.1, 0.15) is 29.7 Å². The summed E-state index contributed by atoms with van der Waals surface area (Å²) in [5.41, 5.74) is 11.0. The first kappa shape index (κ1) is 49.2. The van der Waals surface area contributed by atoms with E-state index in [9.17, 15) is 48.6 Å². The van der Waals surface area contributed by atoms with E-state index in [1.165, 1.54) is 18.7 Å². The number of β-lactam (4-membered cyclic amide) rings is 1. The molecule has 1 fully saturated rings. The number of carbonyl (C=O) groups is 8. The Labute approximate surface area is 340 Å². The first-order valence-corrected chi connectivity index (χ1v) is 19.8. The predicted octanol–water partition coefficient (Wildman–Crippen LogP) is -0.897. The number of carboxylic acid groups (broad SMARTS) is 1. The van der Waals surface area contributed by atoms with Gasteiger partial charge in [0.05, 0.1) is 24.7 Å². The molecule has 6 amide bonds. The van der Waals surface area contributed by atoms with Crippen LogP contribution in [0.15, 0.2) is 30.3 Å². The standard InChI is InChI=1S/C40H64N8O10/c1-9-23(6)32(36(54)43-28(17-21(2)3)35(53)46-33(25(8)49)37(55)45-31(22(4)5)38(56)57)44-30(51)15-16-48-20-40(39(48)58,19-26-13-11-10-12-14-26)47-34(52)27(42)18-29(50)24(7)41/h10-14,21-25,27-28,31-33,49H,9,15-20,41-42H2,1-8H3,(H,43,54)(H,44,51)(H,45,55)(H,46,53)(H,47,52)(H,56,57)/t23-,24+,25-,27+,28+,31+,32-,33+,40?/m1/s1. The second kappa shape index (κ2) is 22.3. The van der Waals surface area contributed by atoms with Crippen LogP contribution in [0.4, 0.5) is 0 Å². The Balaban J connectivity index is 2.16. The largest absolute Gasteiger partial charge is 0.480 e. The topological polar surface area (TPSA) is 292 Å². The third-order valence-electron chi connectivity index (χ3n) is 10.2. The molecule has 1 aliphatic rings. The fourth-order valence-corrected chi connectivity index (χ4v) is 6.46. The molecule has 1 aromatic rings. The van der Waals surface area contributed by atoms with E-state index < -0.39 is 107 Å². The number of hydrogen-bond donors (Lipinski definition) is 9. The van der Waals surface area contributed by atoms with Crippen molar-refractivity contribution < 1.29 is 48.6 Å². The van der Waals surface area contributed by atoms with E-state index in [0.29, 0.717) is 6.42 Å². The number of aliphatic hydroxyl groups is 1.